The van der Waals surface area contributed by atoms with Crippen molar-refractivity contribution in [2.24, 2.45) is 0 Å². The molecule has 2 heterocycles. The minimum atomic E-state index is 0.00906. The van der Waals surface area contributed by atoms with Crippen LogP contribution in [0.4, 0.5) is 22.1 Å². The lowest BCUT2D eigenvalue weighted by Gasteiger charge is -2.17. The lowest BCUT2D eigenvalue weighted by Crippen LogP contribution is -2.29. The number of rotatable bonds is 4. The average molecular weight is 299 g/mol. The number of ether oxygens (including phenoxy) is 1. The Morgan fingerprint density at radius 3 is 2.86 bits per heavy atom. The number of hydrogen-bond donors (Lipinski definition) is 1. The largest absolute Gasteiger partial charge is 0.481 e. The third kappa shape index (κ3) is 2.78. The summed E-state index contributed by atoms with van der Waals surface area (Å²) in [5, 5.41) is 3.11. The van der Waals surface area contributed by atoms with E-state index in [2.05, 4.69) is 15.3 Å². The molecule has 2 amide bonds. The summed E-state index contributed by atoms with van der Waals surface area (Å²) in [6.07, 6.45) is 1.62. The SMILES string of the molecule is COc1ccnc(Nc2cccc(N3CCN(C)C3=O)c2)n1. The predicted molar refractivity (Wildman–Crippen MR) is 83.7 cm³/mol. The zero-order valence-electron chi connectivity index (χ0n) is 12.5. The molecule has 114 valence electrons. The van der Waals surface area contributed by atoms with Crippen LogP contribution in [0, 0.1) is 0 Å². The molecule has 7 heteroatoms. The molecule has 0 aliphatic carbocycles. The second-order valence-corrected chi connectivity index (χ2v) is 4.95. The van der Waals surface area contributed by atoms with Gasteiger partial charge in [-0.1, -0.05) is 6.07 Å². The maximum Gasteiger partial charge on any atom is 0.324 e. The molecule has 0 atom stereocenters. The molecule has 1 saturated heterocycles. The van der Waals surface area contributed by atoms with Crippen LogP contribution in [0.1, 0.15) is 0 Å². The standard InChI is InChI=1S/C15H17N5O2/c1-19-8-9-20(15(19)21)12-5-3-4-11(10-12)17-14-16-7-6-13(18-14)22-2/h3-7,10H,8-9H2,1-2H3,(H,16,17,18). The monoisotopic (exact) mass is 299 g/mol. The number of likely N-dealkylation sites (N-methyl/N-ethyl adjacent to an activating group) is 1. The van der Waals surface area contributed by atoms with Gasteiger partial charge in [-0.25, -0.2) is 9.78 Å². The van der Waals surface area contributed by atoms with E-state index in [0.717, 1.165) is 17.9 Å². The Labute approximate surface area is 128 Å². The molecule has 1 N–H and O–H groups in total. The molecule has 1 aliphatic heterocycles. The summed E-state index contributed by atoms with van der Waals surface area (Å²) < 4.78 is 5.07. The van der Waals surface area contributed by atoms with Gasteiger partial charge in [0.1, 0.15) is 0 Å². The average Bonchev–Trinajstić information content (AvgIpc) is 2.87. The van der Waals surface area contributed by atoms with Crippen LogP contribution in [0.5, 0.6) is 5.88 Å². The smallest absolute Gasteiger partial charge is 0.324 e. The zero-order valence-corrected chi connectivity index (χ0v) is 12.5. The van der Waals surface area contributed by atoms with Gasteiger partial charge in [0.2, 0.25) is 11.8 Å². The van der Waals surface area contributed by atoms with Crippen LogP contribution in [-0.2, 0) is 0 Å². The summed E-state index contributed by atoms with van der Waals surface area (Å²) >= 11 is 0. The summed E-state index contributed by atoms with van der Waals surface area (Å²) in [4.78, 5) is 23.8. The number of carbonyl (C=O) groups is 1. The highest BCUT2D eigenvalue weighted by Gasteiger charge is 2.26. The quantitative estimate of drug-likeness (QED) is 0.936. The van der Waals surface area contributed by atoms with Gasteiger partial charge in [-0.05, 0) is 18.2 Å². The first-order valence-corrected chi connectivity index (χ1v) is 6.94. The van der Waals surface area contributed by atoms with Gasteiger partial charge < -0.3 is 15.0 Å². The van der Waals surface area contributed by atoms with E-state index in [0.29, 0.717) is 18.4 Å². The number of amides is 2. The van der Waals surface area contributed by atoms with Gasteiger partial charge in [0.15, 0.2) is 0 Å². The zero-order chi connectivity index (χ0) is 15.5. The van der Waals surface area contributed by atoms with Crippen LogP contribution < -0.4 is 15.0 Å². The van der Waals surface area contributed by atoms with E-state index in [1.807, 2.05) is 24.3 Å². The second-order valence-electron chi connectivity index (χ2n) is 4.95. The van der Waals surface area contributed by atoms with Gasteiger partial charge in [0.25, 0.3) is 0 Å². The minimum absolute atomic E-state index is 0.00906. The Bertz CT molecular complexity index is 691. The van der Waals surface area contributed by atoms with Gasteiger partial charge in [0.05, 0.1) is 7.11 Å². The molecule has 1 aromatic heterocycles. The van der Waals surface area contributed by atoms with E-state index >= 15 is 0 Å². The highest BCUT2D eigenvalue weighted by Crippen LogP contribution is 2.24. The van der Waals surface area contributed by atoms with Crippen LogP contribution in [0.2, 0.25) is 0 Å². The molecule has 0 saturated carbocycles. The van der Waals surface area contributed by atoms with Gasteiger partial charge >= 0.3 is 6.03 Å². The maximum absolute atomic E-state index is 12.0. The van der Waals surface area contributed by atoms with Crippen molar-refractivity contribution in [1.82, 2.24) is 14.9 Å². The fraction of sp³-hybridized carbons (Fsp3) is 0.267. The molecular weight excluding hydrogens is 282 g/mol. The molecule has 0 bridgehead atoms. The van der Waals surface area contributed by atoms with Gasteiger partial charge in [-0.15, -0.1) is 0 Å². The normalized spacial score (nSPS) is 14.4. The van der Waals surface area contributed by atoms with E-state index < -0.39 is 0 Å². The van der Waals surface area contributed by atoms with Gasteiger partial charge in [0, 0.05) is 43.8 Å². The molecule has 0 radical (unpaired) electrons. The van der Waals surface area contributed by atoms with E-state index in [9.17, 15) is 4.79 Å². The van der Waals surface area contributed by atoms with Crippen molar-refractivity contribution in [1.29, 1.82) is 0 Å². The molecule has 0 spiro atoms. The van der Waals surface area contributed by atoms with Gasteiger partial charge in [-0.3, -0.25) is 4.90 Å². The first-order chi connectivity index (χ1) is 10.7. The molecule has 1 aliphatic rings. The molecule has 1 fully saturated rings. The molecule has 2 aromatic rings. The highest BCUT2D eigenvalue weighted by molar-refractivity contribution is 5.94. The molecule has 7 nitrogen and oxygen atoms in total. The van der Waals surface area contributed by atoms with Crippen molar-refractivity contribution >= 4 is 23.4 Å². The topological polar surface area (TPSA) is 70.6 Å². The van der Waals surface area contributed by atoms with Crippen molar-refractivity contribution in [2.75, 3.05) is 37.5 Å². The van der Waals surface area contributed by atoms with Crippen molar-refractivity contribution in [3.05, 3.63) is 36.5 Å². The van der Waals surface area contributed by atoms with Crippen LogP contribution in [0.15, 0.2) is 36.5 Å². The number of anilines is 3. The van der Waals surface area contributed by atoms with Crippen LogP contribution in [0.25, 0.3) is 0 Å². The Morgan fingerprint density at radius 1 is 1.27 bits per heavy atom. The molecule has 3 rings (SSSR count). The van der Waals surface area contributed by atoms with Crippen molar-refractivity contribution in [2.45, 2.75) is 0 Å². The molecule has 22 heavy (non-hydrogen) atoms. The van der Waals surface area contributed by atoms with E-state index in [1.165, 1.54) is 0 Å². The summed E-state index contributed by atoms with van der Waals surface area (Å²) in [6.45, 7) is 1.42. The summed E-state index contributed by atoms with van der Waals surface area (Å²) in [5.41, 5.74) is 1.66. The number of benzene rings is 1. The van der Waals surface area contributed by atoms with E-state index in [-0.39, 0.29) is 6.03 Å². The van der Waals surface area contributed by atoms with E-state index in [1.54, 1.807) is 36.2 Å². The lowest BCUT2D eigenvalue weighted by atomic mass is 10.2. The predicted octanol–water partition coefficient (Wildman–Crippen LogP) is 2.10. The minimum Gasteiger partial charge on any atom is -0.481 e. The summed E-state index contributed by atoms with van der Waals surface area (Å²) in [7, 11) is 3.36. The fourth-order valence-electron chi connectivity index (χ4n) is 2.28. The third-order valence-corrected chi connectivity index (χ3v) is 3.47. The number of aromatic nitrogens is 2. The van der Waals surface area contributed by atoms with Crippen LogP contribution >= 0.6 is 0 Å². The fourth-order valence-corrected chi connectivity index (χ4v) is 2.28. The molecule has 0 unspecified atom stereocenters. The highest BCUT2D eigenvalue weighted by atomic mass is 16.5. The third-order valence-electron chi connectivity index (χ3n) is 3.47. The summed E-state index contributed by atoms with van der Waals surface area (Å²) in [5.74, 6) is 0.936. The van der Waals surface area contributed by atoms with E-state index in [4.69, 9.17) is 4.74 Å². The first-order valence-electron chi connectivity index (χ1n) is 6.94. The Hall–Kier alpha value is -2.83. The van der Waals surface area contributed by atoms with Gasteiger partial charge in [-0.2, -0.15) is 4.98 Å². The second kappa shape index (κ2) is 5.88. The number of urea groups is 1. The van der Waals surface area contributed by atoms with Crippen LogP contribution in [-0.4, -0.2) is 48.1 Å². The van der Waals surface area contributed by atoms with Crippen molar-refractivity contribution in [3.63, 3.8) is 0 Å². The lowest BCUT2D eigenvalue weighted by molar-refractivity contribution is 0.229. The first kappa shape index (κ1) is 14.1. The number of nitrogens with one attached hydrogen (secondary N) is 1. The maximum atomic E-state index is 12.0. The summed E-state index contributed by atoms with van der Waals surface area (Å²) in [6, 6.07) is 9.30. The molecular formula is C15H17N5O2. The Kier molecular flexibility index (Phi) is 3.78. The number of nitrogens with zero attached hydrogens (tertiary/aromatic N) is 4. The van der Waals surface area contributed by atoms with Crippen LogP contribution in [0.3, 0.4) is 0 Å². The van der Waals surface area contributed by atoms with Crippen molar-refractivity contribution < 1.29 is 9.53 Å². The number of methoxy groups -OCH3 is 1. The van der Waals surface area contributed by atoms with Crippen molar-refractivity contribution in [3.8, 4) is 5.88 Å². The number of hydrogen-bond acceptors (Lipinski definition) is 5. The molecule has 1 aromatic carbocycles. The Balaban J connectivity index is 1.80. The number of carbonyl (C=O) groups excluding carboxylic acids is 1. The Morgan fingerprint density at radius 2 is 2.14 bits per heavy atom.